The number of fused-ring (bicyclic) bond motifs is 1. The van der Waals surface area contributed by atoms with Crippen LogP contribution in [0.25, 0.3) is 0 Å². The normalized spacial score (nSPS) is 20.1. The number of hydrogen-bond donors (Lipinski definition) is 3. The molecule has 0 aromatic heterocycles. The Hall–Kier alpha value is -1.30. The van der Waals surface area contributed by atoms with Crippen molar-refractivity contribution in [2.24, 2.45) is 0 Å². The van der Waals surface area contributed by atoms with Crippen molar-refractivity contribution in [1.82, 2.24) is 10.6 Å². The van der Waals surface area contributed by atoms with Crippen molar-refractivity contribution < 1.29 is 9.53 Å². The number of carbonyl (C=O) groups is 1. The summed E-state index contributed by atoms with van der Waals surface area (Å²) in [5.74, 6) is -0.337. The SMILES string of the molecule is CCNC1(NCC)Oc2cc(Cl)ccc2NC1C=O. The van der Waals surface area contributed by atoms with Gasteiger partial charge in [0.05, 0.1) is 5.69 Å². The molecule has 1 aromatic rings. The van der Waals surface area contributed by atoms with Gasteiger partial charge in [0.25, 0.3) is 0 Å². The summed E-state index contributed by atoms with van der Waals surface area (Å²) in [5, 5.41) is 10.1. The maximum Gasteiger partial charge on any atom is 0.245 e. The lowest BCUT2D eigenvalue weighted by molar-refractivity contribution is -0.116. The van der Waals surface area contributed by atoms with E-state index >= 15 is 0 Å². The van der Waals surface area contributed by atoms with Crippen LogP contribution in [0.15, 0.2) is 18.2 Å². The molecule has 1 atom stereocenters. The summed E-state index contributed by atoms with van der Waals surface area (Å²) in [6.07, 6.45) is 0.836. The number of aldehydes is 1. The summed E-state index contributed by atoms with van der Waals surface area (Å²) in [7, 11) is 0. The third-order valence-electron chi connectivity index (χ3n) is 2.98. The van der Waals surface area contributed by atoms with Crippen molar-refractivity contribution in [1.29, 1.82) is 0 Å². The van der Waals surface area contributed by atoms with Crippen molar-refractivity contribution in [2.45, 2.75) is 25.7 Å². The van der Waals surface area contributed by atoms with Crippen LogP contribution in [0.3, 0.4) is 0 Å². The molecule has 0 spiro atoms. The molecule has 2 rings (SSSR count). The van der Waals surface area contributed by atoms with Crippen LogP contribution in [-0.2, 0) is 4.79 Å². The molecule has 0 bridgehead atoms. The van der Waals surface area contributed by atoms with Crippen LogP contribution in [0, 0.1) is 0 Å². The topological polar surface area (TPSA) is 62.4 Å². The van der Waals surface area contributed by atoms with Gasteiger partial charge in [-0.3, -0.25) is 10.6 Å². The number of halogens is 1. The highest BCUT2D eigenvalue weighted by atomic mass is 35.5. The van der Waals surface area contributed by atoms with E-state index < -0.39 is 11.9 Å². The zero-order valence-electron chi connectivity index (χ0n) is 11.0. The number of likely N-dealkylation sites (N-methyl/N-ethyl adjacent to an activating group) is 2. The summed E-state index contributed by atoms with van der Waals surface area (Å²) in [4.78, 5) is 11.4. The Balaban J connectivity index is 2.40. The van der Waals surface area contributed by atoms with Gasteiger partial charge < -0.3 is 14.8 Å². The molecule has 3 N–H and O–H groups in total. The van der Waals surface area contributed by atoms with Crippen molar-refractivity contribution in [3.05, 3.63) is 23.2 Å². The van der Waals surface area contributed by atoms with E-state index in [2.05, 4.69) is 16.0 Å². The van der Waals surface area contributed by atoms with E-state index in [9.17, 15) is 4.79 Å². The minimum Gasteiger partial charge on any atom is -0.455 e. The maximum atomic E-state index is 11.4. The average Bonchev–Trinajstić information content (AvgIpc) is 2.38. The van der Waals surface area contributed by atoms with Gasteiger partial charge in [-0.25, -0.2) is 0 Å². The van der Waals surface area contributed by atoms with E-state index in [-0.39, 0.29) is 0 Å². The van der Waals surface area contributed by atoms with Crippen LogP contribution in [0.2, 0.25) is 5.02 Å². The molecule has 0 saturated carbocycles. The Bertz CT molecular complexity index is 461. The smallest absolute Gasteiger partial charge is 0.245 e. The molecule has 0 amide bonds. The molecule has 104 valence electrons. The largest absolute Gasteiger partial charge is 0.455 e. The molecule has 0 saturated heterocycles. The zero-order chi connectivity index (χ0) is 13.9. The molecule has 0 fully saturated rings. The van der Waals surface area contributed by atoms with E-state index in [0.717, 1.165) is 12.0 Å². The summed E-state index contributed by atoms with van der Waals surface area (Å²) >= 11 is 5.98. The summed E-state index contributed by atoms with van der Waals surface area (Å²) in [6, 6.07) is 4.76. The van der Waals surface area contributed by atoms with E-state index in [1.54, 1.807) is 18.2 Å². The first-order valence-corrected chi connectivity index (χ1v) is 6.73. The van der Waals surface area contributed by atoms with E-state index in [1.807, 2.05) is 13.8 Å². The summed E-state index contributed by atoms with van der Waals surface area (Å²) in [5.41, 5.74) is 0.757. The molecule has 0 radical (unpaired) electrons. The molecular formula is C13H18ClN3O2. The molecule has 1 aliphatic heterocycles. The van der Waals surface area contributed by atoms with Crippen molar-refractivity contribution in [2.75, 3.05) is 18.4 Å². The van der Waals surface area contributed by atoms with Gasteiger partial charge in [0, 0.05) is 11.1 Å². The molecule has 6 heteroatoms. The van der Waals surface area contributed by atoms with Gasteiger partial charge in [-0.15, -0.1) is 0 Å². The van der Waals surface area contributed by atoms with Crippen molar-refractivity contribution in [3.8, 4) is 5.75 Å². The highest BCUT2D eigenvalue weighted by Crippen LogP contribution is 2.35. The Morgan fingerprint density at radius 3 is 2.68 bits per heavy atom. The molecule has 1 unspecified atom stereocenters. The zero-order valence-corrected chi connectivity index (χ0v) is 11.8. The van der Waals surface area contributed by atoms with Gasteiger partial charge in [-0.2, -0.15) is 0 Å². The monoisotopic (exact) mass is 283 g/mol. The summed E-state index contributed by atoms with van der Waals surface area (Å²) < 4.78 is 5.98. The van der Waals surface area contributed by atoms with Gasteiger partial charge in [-0.1, -0.05) is 25.4 Å². The van der Waals surface area contributed by atoms with Crippen LogP contribution >= 0.6 is 11.6 Å². The number of anilines is 1. The van der Waals surface area contributed by atoms with Crippen LogP contribution in [-0.4, -0.2) is 31.3 Å². The lowest BCUT2D eigenvalue weighted by atomic mass is 10.1. The van der Waals surface area contributed by atoms with Gasteiger partial charge in [0.1, 0.15) is 12.0 Å². The second kappa shape index (κ2) is 5.77. The first-order valence-electron chi connectivity index (χ1n) is 6.35. The number of hydrogen-bond acceptors (Lipinski definition) is 5. The number of carbonyl (C=O) groups excluding carboxylic acids is 1. The Morgan fingerprint density at radius 2 is 2.11 bits per heavy atom. The predicted molar refractivity (Wildman–Crippen MR) is 75.6 cm³/mol. The number of benzene rings is 1. The van der Waals surface area contributed by atoms with E-state index in [0.29, 0.717) is 23.9 Å². The fraction of sp³-hybridized carbons (Fsp3) is 0.462. The maximum absolute atomic E-state index is 11.4. The molecule has 0 aliphatic carbocycles. The standard InChI is InChI=1S/C13H18ClN3O2/c1-3-15-13(16-4-2)12(8-18)17-10-6-5-9(14)7-11(10)19-13/h5-8,12,15-17H,3-4H2,1-2H3. The number of rotatable bonds is 5. The van der Waals surface area contributed by atoms with Gasteiger partial charge in [0.15, 0.2) is 6.04 Å². The first-order chi connectivity index (χ1) is 9.15. The van der Waals surface area contributed by atoms with Crippen molar-refractivity contribution in [3.63, 3.8) is 0 Å². The molecule has 1 aliphatic rings. The van der Waals surface area contributed by atoms with E-state index in [4.69, 9.17) is 16.3 Å². The molecule has 5 nitrogen and oxygen atoms in total. The highest BCUT2D eigenvalue weighted by Gasteiger charge is 2.44. The fourth-order valence-corrected chi connectivity index (χ4v) is 2.38. The quantitative estimate of drug-likeness (QED) is 0.566. The second-order valence-corrected chi connectivity index (χ2v) is 4.73. The number of nitrogens with one attached hydrogen (secondary N) is 3. The third kappa shape index (κ3) is 2.68. The molecule has 1 aromatic carbocycles. The molecular weight excluding hydrogens is 266 g/mol. The molecule has 19 heavy (non-hydrogen) atoms. The van der Waals surface area contributed by atoms with Crippen LogP contribution in [0.4, 0.5) is 5.69 Å². The van der Waals surface area contributed by atoms with Crippen LogP contribution < -0.4 is 20.7 Å². The third-order valence-corrected chi connectivity index (χ3v) is 3.21. The Labute approximate surface area is 117 Å². The van der Waals surface area contributed by atoms with Crippen LogP contribution in [0.1, 0.15) is 13.8 Å². The minimum atomic E-state index is -0.955. The van der Waals surface area contributed by atoms with Gasteiger partial charge in [0.2, 0.25) is 5.85 Å². The minimum absolute atomic E-state index is 0.527. The van der Waals surface area contributed by atoms with Gasteiger partial charge >= 0.3 is 0 Å². The van der Waals surface area contributed by atoms with E-state index in [1.165, 1.54) is 0 Å². The fourth-order valence-electron chi connectivity index (χ4n) is 2.22. The Morgan fingerprint density at radius 1 is 1.42 bits per heavy atom. The summed E-state index contributed by atoms with van der Waals surface area (Å²) in [6.45, 7) is 5.24. The first kappa shape index (κ1) is 14.1. The highest BCUT2D eigenvalue weighted by molar-refractivity contribution is 6.30. The number of ether oxygens (including phenoxy) is 1. The second-order valence-electron chi connectivity index (χ2n) is 4.30. The molecule has 1 heterocycles. The lowest BCUT2D eigenvalue weighted by Gasteiger charge is -2.43. The Kier molecular flexibility index (Phi) is 4.29. The van der Waals surface area contributed by atoms with Crippen molar-refractivity contribution >= 4 is 23.6 Å². The lowest BCUT2D eigenvalue weighted by Crippen LogP contribution is -2.71. The average molecular weight is 284 g/mol. The predicted octanol–water partition coefficient (Wildman–Crippen LogP) is 1.58. The van der Waals surface area contributed by atoms with Gasteiger partial charge in [-0.05, 0) is 25.2 Å². The van der Waals surface area contributed by atoms with Crippen LogP contribution in [0.5, 0.6) is 5.75 Å².